The monoisotopic (exact) mass is 1410 g/mol. The molecule has 0 radical (unpaired) electrons. The van der Waals surface area contributed by atoms with E-state index < -0.39 is 10.8 Å². The first-order valence-corrected chi connectivity index (χ1v) is 41.7. The summed E-state index contributed by atoms with van der Waals surface area (Å²) in [6.07, 6.45) is 41.8. The molecule has 0 spiro atoms. The molecule has 560 valence electrons. The number of hydrogen-bond donors (Lipinski definition) is 0. The smallest absolute Gasteiger partial charge is 0.248 e. The lowest BCUT2D eigenvalue weighted by Gasteiger charge is -2.58. The summed E-state index contributed by atoms with van der Waals surface area (Å²) in [6, 6.07) is 44.1. The average molecular weight is 1410 g/mol. The van der Waals surface area contributed by atoms with Crippen LogP contribution in [-0.4, -0.2) is 60.0 Å². The molecule has 8 aromatic rings. The van der Waals surface area contributed by atoms with Crippen molar-refractivity contribution >= 4 is 0 Å². The van der Waals surface area contributed by atoms with Crippen molar-refractivity contribution in [2.24, 2.45) is 0 Å². The SMILES string of the molecule is CCCCCCCCOc1cc(-c2nnc(C34c5ccccc5C(c5ccccc53)C3(c5nnc(-c6cc(OCCCCCCCC)c(OCCCCCCCC)c(OCCCCCCCC)c6)o5)c5ccccc5C4c4ccccc43)o2)cc(OCCCCCCCC)c1OCCCCCCCC. The van der Waals surface area contributed by atoms with E-state index in [9.17, 15) is 0 Å². The highest BCUT2D eigenvalue weighted by Crippen LogP contribution is 2.71. The molecular weight excluding hydrogens is 1290 g/mol. The van der Waals surface area contributed by atoms with Crippen LogP contribution in [0.25, 0.3) is 22.9 Å². The molecule has 104 heavy (non-hydrogen) atoms. The minimum atomic E-state index is -1.03. The highest BCUT2D eigenvalue weighted by atomic mass is 16.5. The quantitative estimate of drug-likeness (QED) is 0.0336. The van der Waals surface area contributed by atoms with Crippen molar-refractivity contribution in [3.8, 4) is 57.4 Å². The van der Waals surface area contributed by atoms with Gasteiger partial charge in [-0.05, 0) is 107 Å². The first-order valence-electron chi connectivity index (χ1n) is 41.7. The van der Waals surface area contributed by atoms with Crippen molar-refractivity contribution < 1.29 is 37.3 Å². The Hall–Kier alpha value is -7.60. The van der Waals surface area contributed by atoms with E-state index in [1.54, 1.807) is 0 Å². The minimum absolute atomic E-state index is 0.367. The minimum Gasteiger partial charge on any atom is -0.490 e. The molecular formula is C92H124N4O8. The van der Waals surface area contributed by atoms with Gasteiger partial charge in [-0.1, -0.05) is 331 Å². The Morgan fingerprint density at radius 3 is 0.740 bits per heavy atom. The number of nitrogens with zero attached hydrogens (tertiary/aromatic N) is 4. The summed E-state index contributed by atoms with van der Waals surface area (Å²) < 4.78 is 56.4. The second kappa shape index (κ2) is 40.8. The standard InChI is InChI=1S/C92H124N4O8/c1-7-13-19-25-31-45-59-97-79-65-69(66-80(98-60-46-32-26-20-14-8-2)85(79)101-63-49-35-29-23-17-11-5)87-93-95-89(103-87)91-75-55-41-37-51-71(75)84(72-52-38-42-56-76(72)91)92(77-57-43-39-53-73(77)83(91)74-54-40-44-58-78(74)92)90-96-94-88(104-90)70-67-81(99-61-47-33-27-21-15-9-3)86(102-64-50-36-30-24-18-12-6)82(68-70)100-62-48-34-28-22-16-10-4/h37-44,51-58,65-68,83-84H,7-36,45-50,59-64H2,1-6H3. The van der Waals surface area contributed by atoms with Crippen LogP contribution in [0.1, 0.15) is 341 Å². The molecule has 6 aromatic carbocycles. The maximum atomic E-state index is 7.57. The van der Waals surface area contributed by atoms with Crippen LogP contribution in [0, 0.1) is 0 Å². The summed E-state index contributed by atoms with van der Waals surface area (Å²) in [4.78, 5) is 0. The van der Waals surface area contributed by atoms with Gasteiger partial charge in [0, 0.05) is 23.0 Å². The summed E-state index contributed by atoms with van der Waals surface area (Å²) >= 11 is 0. The molecule has 6 aliphatic rings. The van der Waals surface area contributed by atoms with Gasteiger partial charge in [0.15, 0.2) is 23.0 Å². The van der Waals surface area contributed by atoms with E-state index in [-0.39, 0.29) is 11.8 Å². The molecule has 0 saturated carbocycles. The Balaban J connectivity index is 1.02. The lowest BCUT2D eigenvalue weighted by Crippen LogP contribution is -2.54. The number of aromatic nitrogens is 4. The van der Waals surface area contributed by atoms with Gasteiger partial charge in [-0.2, -0.15) is 0 Å². The van der Waals surface area contributed by atoms with Crippen LogP contribution in [-0.2, 0) is 10.8 Å². The number of rotatable bonds is 52. The first kappa shape index (κ1) is 77.5. The topological polar surface area (TPSA) is 133 Å². The van der Waals surface area contributed by atoms with E-state index >= 15 is 0 Å². The van der Waals surface area contributed by atoms with Crippen LogP contribution in [0.5, 0.6) is 34.5 Å². The lowest BCUT2D eigenvalue weighted by atomic mass is 9.42. The molecule has 2 aromatic heterocycles. The predicted molar refractivity (Wildman–Crippen MR) is 422 cm³/mol. The van der Waals surface area contributed by atoms with Crippen molar-refractivity contribution in [2.75, 3.05) is 39.6 Å². The molecule has 0 fully saturated rings. The van der Waals surface area contributed by atoms with Crippen molar-refractivity contribution in [3.05, 3.63) is 178 Å². The molecule has 6 aliphatic carbocycles. The van der Waals surface area contributed by atoms with Crippen molar-refractivity contribution in [1.29, 1.82) is 0 Å². The molecule has 0 unspecified atom stereocenters. The summed E-state index contributed by atoms with van der Waals surface area (Å²) in [6.45, 7) is 17.0. The molecule has 0 aliphatic heterocycles. The van der Waals surface area contributed by atoms with Gasteiger partial charge < -0.3 is 37.3 Å². The van der Waals surface area contributed by atoms with Gasteiger partial charge in [0.2, 0.25) is 35.1 Å². The Kier molecular flexibility index (Phi) is 30.4. The van der Waals surface area contributed by atoms with Gasteiger partial charge >= 0.3 is 0 Å². The second-order valence-electron chi connectivity index (χ2n) is 30.0. The van der Waals surface area contributed by atoms with Gasteiger partial charge in [0.25, 0.3) is 0 Å². The third kappa shape index (κ3) is 18.3. The zero-order valence-electron chi connectivity index (χ0n) is 64.5. The molecule has 0 atom stereocenters. The van der Waals surface area contributed by atoms with Gasteiger partial charge in [-0.25, -0.2) is 0 Å². The lowest BCUT2D eigenvalue weighted by molar-refractivity contribution is 0.234. The fraction of sp³-hybridized carbons (Fsp3) is 0.565. The van der Waals surface area contributed by atoms with Gasteiger partial charge in [-0.3, -0.25) is 0 Å². The van der Waals surface area contributed by atoms with Crippen molar-refractivity contribution in [1.82, 2.24) is 20.4 Å². The maximum Gasteiger partial charge on any atom is 0.248 e. The van der Waals surface area contributed by atoms with Crippen LogP contribution in [0.2, 0.25) is 0 Å². The molecule has 4 bridgehead atoms. The normalized spacial score (nSPS) is 16.7. The van der Waals surface area contributed by atoms with Gasteiger partial charge in [-0.15, -0.1) is 20.4 Å². The van der Waals surface area contributed by atoms with Crippen LogP contribution in [0.4, 0.5) is 0 Å². The number of benzene rings is 6. The van der Waals surface area contributed by atoms with E-state index in [1.165, 1.54) is 154 Å². The Labute approximate surface area is 624 Å². The Bertz CT molecular complexity index is 3430. The highest BCUT2D eigenvalue weighted by molar-refractivity contribution is 5.77. The van der Waals surface area contributed by atoms with Gasteiger partial charge in [0.1, 0.15) is 10.8 Å². The maximum absolute atomic E-state index is 7.57. The van der Waals surface area contributed by atoms with Crippen LogP contribution < -0.4 is 28.4 Å². The summed E-state index contributed by atoms with van der Waals surface area (Å²) in [5.41, 5.74) is 8.29. The molecule has 2 heterocycles. The molecule has 0 amide bonds. The van der Waals surface area contributed by atoms with Crippen LogP contribution in [0.15, 0.2) is 130 Å². The van der Waals surface area contributed by atoms with E-state index in [1.807, 2.05) is 0 Å². The zero-order chi connectivity index (χ0) is 72.0. The molecule has 12 nitrogen and oxygen atoms in total. The fourth-order valence-corrected chi connectivity index (χ4v) is 16.8. The molecule has 0 saturated heterocycles. The summed E-state index contributed by atoms with van der Waals surface area (Å²) in [7, 11) is 0. The number of hydrogen-bond acceptors (Lipinski definition) is 12. The number of ether oxygens (including phenoxy) is 6. The average Bonchev–Trinajstić information content (AvgIpc) is 0.885. The highest BCUT2D eigenvalue weighted by Gasteiger charge is 2.67. The second-order valence-corrected chi connectivity index (χ2v) is 30.0. The van der Waals surface area contributed by atoms with E-state index in [0.717, 1.165) is 133 Å². The van der Waals surface area contributed by atoms with Crippen molar-refractivity contribution in [3.63, 3.8) is 0 Å². The van der Waals surface area contributed by atoms with Crippen LogP contribution >= 0.6 is 0 Å². The largest absolute Gasteiger partial charge is 0.490 e. The van der Waals surface area contributed by atoms with Gasteiger partial charge in [0.05, 0.1) is 39.6 Å². The first-order chi connectivity index (χ1) is 51.5. The van der Waals surface area contributed by atoms with E-state index in [0.29, 0.717) is 97.7 Å². The fourth-order valence-electron chi connectivity index (χ4n) is 16.8. The van der Waals surface area contributed by atoms with E-state index in [4.69, 9.17) is 57.7 Å². The zero-order valence-corrected chi connectivity index (χ0v) is 64.5. The predicted octanol–water partition coefficient (Wildman–Crippen LogP) is 25.5. The molecule has 14 rings (SSSR count). The molecule has 12 heteroatoms. The van der Waals surface area contributed by atoms with E-state index in [2.05, 4.69) is 163 Å². The summed E-state index contributed by atoms with van der Waals surface area (Å²) in [5.74, 6) is 4.96. The third-order valence-electron chi connectivity index (χ3n) is 22.2. The summed E-state index contributed by atoms with van der Waals surface area (Å²) in [5, 5.41) is 21.0. The Morgan fingerprint density at radius 1 is 0.269 bits per heavy atom. The molecule has 0 N–H and O–H groups in total. The van der Waals surface area contributed by atoms with Crippen LogP contribution in [0.3, 0.4) is 0 Å². The Morgan fingerprint density at radius 2 is 0.490 bits per heavy atom. The number of unbranched alkanes of at least 4 members (excludes halogenated alkanes) is 30. The third-order valence-corrected chi connectivity index (χ3v) is 22.2. The van der Waals surface area contributed by atoms with Crippen molar-refractivity contribution in [2.45, 2.75) is 295 Å².